The molecule has 1 saturated heterocycles. The third-order valence-corrected chi connectivity index (χ3v) is 5.83. The highest BCUT2D eigenvalue weighted by atomic mass is 35.5. The fraction of sp³-hybridized carbons (Fsp3) is 0.571. The van der Waals surface area contributed by atoms with Crippen molar-refractivity contribution in [3.8, 4) is 5.75 Å². The van der Waals surface area contributed by atoms with E-state index in [0.717, 1.165) is 16.9 Å². The number of aryl methyl sites for hydroxylation is 1. The minimum absolute atomic E-state index is 0.0207. The number of hydrogen-bond donors (Lipinski definition) is 0. The summed E-state index contributed by atoms with van der Waals surface area (Å²) in [7, 11) is -2.91. The molecule has 1 heterocycles. The van der Waals surface area contributed by atoms with Gasteiger partial charge in [0.25, 0.3) is 0 Å². The molecule has 1 aliphatic heterocycles. The maximum Gasteiger partial charge on any atom is 0.150 e. The number of rotatable bonds is 4. The van der Waals surface area contributed by atoms with Crippen LogP contribution in [0.15, 0.2) is 18.2 Å². The Hall–Kier alpha value is -0.740. The van der Waals surface area contributed by atoms with Gasteiger partial charge in [0.1, 0.15) is 5.75 Å². The molecule has 2 atom stereocenters. The summed E-state index contributed by atoms with van der Waals surface area (Å²) in [6.45, 7) is 4.49. The van der Waals surface area contributed by atoms with Crippen LogP contribution in [0.1, 0.15) is 29.8 Å². The van der Waals surface area contributed by atoms with Crippen molar-refractivity contribution in [3.05, 3.63) is 29.3 Å². The molecule has 1 aromatic rings. The lowest BCUT2D eigenvalue weighted by atomic mass is 9.96. The molecule has 0 radical (unpaired) electrons. The molecular weight excluding hydrogens is 284 g/mol. The minimum atomic E-state index is -2.91. The highest BCUT2D eigenvalue weighted by molar-refractivity contribution is 7.91. The largest absolute Gasteiger partial charge is 0.494 e. The fourth-order valence-corrected chi connectivity index (χ4v) is 4.81. The second-order valence-electron chi connectivity index (χ2n) is 5.04. The van der Waals surface area contributed by atoms with Crippen LogP contribution < -0.4 is 4.74 Å². The maximum atomic E-state index is 11.6. The van der Waals surface area contributed by atoms with Gasteiger partial charge in [-0.15, -0.1) is 11.6 Å². The van der Waals surface area contributed by atoms with Crippen molar-refractivity contribution in [2.24, 2.45) is 5.92 Å². The predicted octanol–water partition coefficient (Wildman–Crippen LogP) is 3.11. The topological polar surface area (TPSA) is 43.4 Å². The quantitative estimate of drug-likeness (QED) is 0.803. The summed E-state index contributed by atoms with van der Waals surface area (Å²) in [6.07, 6.45) is 0.635. The smallest absolute Gasteiger partial charge is 0.150 e. The summed E-state index contributed by atoms with van der Waals surface area (Å²) in [6, 6.07) is 5.88. The number of halogens is 1. The third-order valence-electron chi connectivity index (χ3n) is 3.44. The molecule has 1 aromatic carbocycles. The number of ether oxygens (including phenoxy) is 1. The Morgan fingerprint density at radius 1 is 1.47 bits per heavy atom. The first-order valence-electron chi connectivity index (χ1n) is 6.51. The first kappa shape index (κ1) is 14.7. The van der Waals surface area contributed by atoms with Gasteiger partial charge in [-0.25, -0.2) is 8.42 Å². The molecule has 5 heteroatoms. The first-order valence-corrected chi connectivity index (χ1v) is 8.76. The van der Waals surface area contributed by atoms with Crippen LogP contribution in [0.25, 0.3) is 0 Å². The number of benzene rings is 1. The molecule has 0 amide bonds. The molecule has 1 aliphatic rings. The second kappa shape index (κ2) is 5.71. The van der Waals surface area contributed by atoms with E-state index >= 15 is 0 Å². The highest BCUT2D eigenvalue weighted by Gasteiger charge is 2.34. The average molecular weight is 303 g/mol. The summed E-state index contributed by atoms with van der Waals surface area (Å²) in [4.78, 5) is 0. The Labute approximate surface area is 119 Å². The summed E-state index contributed by atoms with van der Waals surface area (Å²) >= 11 is 6.51. The van der Waals surface area contributed by atoms with E-state index in [1.807, 2.05) is 32.0 Å². The van der Waals surface area contributed by atoms with Crippen LogP contribution in [0.2, 0.25) is 0 Å². The van der Waals surface area contributed by atoms with Crippen LogP contribution in [0, 0.1) is 12.8 Å². The van der Waals surface area contributed by atoms with E-state index in [0.29, 0.717) is 13.0 Å². The van der Waals surface area contributed by atoms with E-state index in [2.05, 4.69) is 0 Å². The van der Waals surface area contributed by atoms with Gasteiger partial charge in [0.15, 0.2) is 9.84 Å². The van der Waals surface area contributed by atoms with Crippen molar-refractivity contribution < 1.29 is 13.2 Å². The van der Waals surface area contributed by atoms with Gasteiger partial charge in [-0.2, -0.15) is 0 Å². The second-order valence-corrected chi connectivity index (χ2v) is 7.74. The number of hydrogen-bond acceptors (Lipinski definition) is 3. The average Bonchev–Trinajstić information content (AvgIpc) is 2.71. The van der Waals surface area contributed by atoms with Crippen molar-refractivity contribution in [1.82, 2.24) is 0 Å². The Kier molecular flexibility index (Phi) is 4.41. The lowest BCUT2D eigenvalue weighted by molar-refractivity contribution is 0.334. The molecular formula is C14H19ClO3S. The summed E-state index contributed by atoms with van der Waals surface area (Å²) in [5, 5.41) is -0.307. The van der Waals surface area contributed by atoms with Crippen LogP contribution in [0.3, 0.4) is 0 Å². The van der Waals surface area contributed by atoms with Gasteiger partial charge in [-0.1, -0.05) is 17.7 Å². The molecule has 19 heavy (non-hydrogen) atoms. The molecule has 0 N–H and O–H groups in total. The normalized spacial score (nSPS) is 23.2. The lowest BCUT2D eigenvalue weighted by Crippen LogP contribution is -2.12. The fourth-order valence-electron chi connectivity index (χ4n) is 2.48. The Balaban J connectivity index is 2.27. The molecule has 0 saturated carbocycles. The van der Waals surface area contributed by atoms with Crippen molar-refractivity contribution >= 4 is 21.4 Å². The van der Waals surface area contributed by atoms with Crippen LogP contribution in [0.4, 0.5) is 0 Å². The zero-order valence-corrected chi connectivity index (χ0v) is 12.8. The zero-order chi connectivity index (χ0) is 14.0. The summed E-state index contributed by atoms with van der Waals surface area (Å²) < 4.78 is 28.7. The van der Waals surface area contributed by atoms with Gasteiger partial charge in [-0.05, 0) is 32.3 Å². The molecule has 3 nitrogen and oxygen atoms in total. The Morgan fingerprint density at radius 2 is 2.21 bits per heavy atom. The molecule has 1 fully saturated rings. The van der Waals surface area contributed by atoms with E-state index in [4.69, 9.17) is 16.3 Å². The van der Waals surface area contributed by atoms with E-state index < -0.39 is 9.84 Å². The molecule has 0 bridgehead atoms. The predicted molar refractivity (Wildman–Crippen MR) is 77.7 cm³/mol. The first-order chi connectivity index (χ1) is 8.93. The maximum absolute atomic E-state index is 11.6. The van der Waals surface area contributed by atoms with Gasteiger partial charge in [0, 0.05) is 5.56 Å². The molecule has 2 unspecified atom stereocenters. The summed E-state index contributed by atoms with van der Waals surface area (Å²) in [5.41, 5.74) is 2.01. The standard InChI is InChI=1S/C14H19ClO3S/c1-3-18-13-5-4-10(2)8-12(13)14(15)11-6-7-19(16,17)9-11/h4-5,8,11,14H,3,6-7,9H2,1-2H3. The monoisotopic (exact) mass is 302 g/mol. The molecule has 2 rings (SSSR count). The minimum Gasteiger partial charge on any atom is -0.494 e. The van der Waals surface area contributed by atoms with Crippen LogP contribution in [-0.4, -0.2) is 26.5 Å². The third kappa shape index (κ3) is 3.42. The van der Waals surface area contributed by atoms with Crippen molar-refractivity contribution in [1.29, 1.82) is 0 Å². The highest BCUT2D eigenvalue weighted by Crippen LogP contribution is 2.40. The molecule has 0 spiro atoms. The molecule has 0 aliphatic carbocycles. The SMILES string of the molecule is CCOc1ccc(C)cc1C(Cl)C1CCS(=O)(=O)C1. The van der Waals surface area contributed by atoms with Gasteiger partial charge in [-0.3, -0.25) is 0 Å². The van der Waals surface area contributed by atoms with Gasteiger partial charge >= 0.3 is 0 Å². The number of sulfone groups is 1. The van der Waals surface area contributed by atoms with Crippen LogP contribution in [0.5, 0.6) is 5.75 Å². The summed E-state index contributed by atoms with van der Waals surface area (Å²) in [5.74, 6) is 1.17. The van der Waals surface area contributed by atoms with Crippen molar-refractivity contribution in [2.45, 2.75) is 25.6 Å². The van der Waals surface area contributed by atoms with Crippen LogP contribution >= 0.6 is 11.6 Å². The van der Waals surface area contributed by atoms with Gasteiger partial charge in [0.2, 0.25) is 0 Å². The zero-order valence-electron chi connectivity index (χ0n) is 11.2. The van der Waals surface area contributed by atoms with Crippen LogP contribution in [-0.2, 0) is 9.84 Å². The Morgan fingerprint density at radius 3 is 2.79 bits per heavy atom. The van der Waals surface area contributed by atoms with E-state index in [-0.39, 0.29) is 22.8 Å². The lowest BCUT2D eigenvalue weighted by Gasteiger charge is -2.20. The van der Waals surface area contributed by atoms with E-state index in [9.17, 15) is 8.42 Å². The van der Waals surface area contributed by atoms with Gasteiger partial charge < -0.3 is 4.74 Å². The molecule has 0 aromatic heterocycles. The van der Waals surface area contributed by atoms with Gasteiger partial charge in [0.05, 0.1) is 23.5 Å². The number of alkyl halides is 1. The Bertz CT molecular complexity index is 554. The molecule has 106 valence electrons. The van der Waals surface area contributed by atoms with E-state index in [1.54, 1.807) is 0 Å². The van der Waals surface area contributed by atoms with E-state index in [1.165, 1.54) is 0 Å². The van der Waals surface area contributed by atoms with Crippen molar-refractivity contribution in [3.63, 3.8) is 0 Å². The van der Waals surface area contributed by atoms with Crippen molar-refractivity contribution in [2.75, 3.05) is 18.1 Å².